The van der Waals surface area contributed by atoms with Crippen LogP contribution in [0.2, 0.25) is 0 Å². The minimum Gasteiger partial charge on any atom is -0.307 e. The molecule has 40 heavy (non-hydrogen) atoms. The molecule has 0 saturated heterocycles. The predicted molar refractivity (Wildman–Crippen MR) is 155 cm³/mol. The third-order valence-corrected chi connectivity index (χ3v) is 7.72. The molecule has 0 aliphatic carbocycles. The van der Waals surface area contributed by atoms with E-state index in [1.54, 1.807) is 0 Å². The summed E-state index contributed by atoms with van der Waals surface area (Å²) in [6.45, 7) is 4.34. The molecule has 5 heterocycles. The Bertz CT molecular complexity index is 2230. The van der Waals surface area contributed by atoms with E-state index >= 15 is 0 Å². The summed E-state index contributed by atoms with van der Waals surface area (Å²) >= 11 is 0. The van der Waals surface area contributed by atoms with Crippen molar-refractivity contribution in [2.45, 2.75) is 19.3 Å². The molecule has 6 nitrogen and oxygen atoms in total. The van der Waals surface area contributed by atoms with E-state index in [0.29, 0.717) is 0 Å². The summed E-state index contributed by atoms with van der Waals surface area (Å²) in [5.74, 6) is 0.785. The van der Waals surface area contributed by atoms with Gasteiger partial charge in [-0.05, 0) is 56.3 Å². The van der Waals surface area contributed by atoms with Gasteiger partial charge in [-0.15, -0.1) is 29.7 Å². The van der Waals surface area contributed by atoms with Crippen LogP contribution in [0.3, 0.4) is 0 Å². The minimum atomic E-state index is -0.458. The number of para-hydroxylation sites is 3. The van der Waals surface area contributed by atoms with Crippen molar-refractivity contribution >= 4 is 49.4 Å². The zero-order valence-corrected chi connectivity index (χ0v) is 24.1. The van der Waals surface area contributed by atoms with Crippen molar-refractivity contribution in [3.05, 3.63) is 121 Å². The molecule has 8 aromatic rings. The molecule has 0 aliphatic heterocycles. The smallest absolute Gasteiger partial charge is 0.154 e. The molecule has 0 atom stereocenters. The molecule has 196 valence electrons. The zero-order chi connectivity index (χ0) is 26.1. The van der Waals surface area contributed by atoms with Gasteiger partial charge in [0.1, 0.15) is 5.65 Å². The Balaban J connectivity index is 0.00000264. The van der Waals surface area contributed by atoms with Crippen molar-refractivity contribution < 1.29 is 21.1 Å². The standard InChI is InChI=1S/C33H23N6.Pt/c1-33(2,28-16-9-17-30(36-28)39-25-14-7-3-10-21(25)20-34-39)29-19-18-27-31(37-29)22-11-4-5-12-23(22)32-35-24-13-6-8-15-26(24)38(27)32;/h3-10,12-20H,1-2H3;/q-1;. The maximum Gasteiger partial charge on any atom is 0.154 e. The second kappa shape index (κ2) is 9.07. The Hall–Kier alpha value is -4.41. The van der Waals surface area contributed by atoms with Gasteiger partial charge in [0.15, 0.2) is 5.82 Å². The third kappa shape index (κ3) is 3.53. The fourth-order valence-electron chi connectivity index (χ4n) is 5.61. The van der Waals surface area contributed by atoms with Gasteiger partial charge in [0.05, 0.1) is 28.4 Å². The molecule has 5 aromatic heterocycles. The number of fused-ring (bicyclic) bond motifs is 9. The van der Waals surface area contributed by atoms with Gasteiger partial charge in [-0.3, -0.25) is 4.98 Å². The summed E-state index contributed by atoms with van der Waals surface area (Å²) in [5, 5.41) is 7.70. The Labute approximate surface area is 244 Å². The van der Waals surface area contributed by atoms with Crippen LogP contribution in [0.5, 0.6) is 0 Å². The molecule has 0 amide bonds. The summed E-state index contributed by atoms with van der Waals surface area (Å²) in [7, 11) is 0. The van der Waals surface area contributed by atoms with Gasteiger partial charge in [-0.25, -0.2) is 14.6 Å². The minimum absolute atomic E-state index is 0. The number of pyridine rings is 3. The van der Waals surface area contributed by atoms with Crippen LogP contribution in [0.4, 0.5) is 0 Å². The molecule has 0 radical (unpaired) electrons. The zero-order valence-electron chi connectivity index (χ0n) is 21.8. The van der Waals surface area contributed by atoms with E-state index in [4.69, 9.17) is 15.0 Å². The molecule has 0 fully saturated rings. The van der Waals surface area contributed by atoms with E-state index in [9.17, 15) is 0 Å². The summed E-state index contributed by atoms with van der Waals surface area (Å²) in [5.41, 5.74) is 7.30. The third-order valence-electron chi connectivity index (χ3n) is 7.72. The molecule has 0 aliphatic rings. The topological polar surface area (TPSA) is 60.9 Å². The van der Waals surface area contributed by atoms with Crippen molar-refractivity contribution in [3.63, 3.8) is 0 Å². The number of nitrogens with zero attached hydrogens (tertiary/aromatic N) is 6. The molecule has 0 bridgehead atoms. The molecule has 3 aromatic carbocycles. The van der Waals surface area contributed by atoms with Gasteiger partial charge in [-0.2, -0.15) is 5.10 Å². The van der Waals surface area contributed by atoms with Gasteiger partial charge in [-0.1, -0.05) is 41.8 Å². The van der Waals surface area contributed by atoms with Crippen LogP contribution in [0, 0.1) is 6.07 Å². The molecule has 7 heteroatoms. The van der Waals surface area contributed by atoms with E-state index < -0.39 is 5.41 Å². The number of rotatable bonds is 3. The van der Waals surface area contributed by atoms with Gasteiger partial charge in [0.2, 0.25) is 0 Å². The van der Waals surface area contributed by atoms with E-state index in [1.807, 2.05) is 53.3 Å². The molecule has 0 saturated carbocycles. The van der Waals surface area contributed by atoms with Crippen molar-refractivity contribution in [2.75, 3.05) is 0 Å². The fourth-order valence-corrected chi connectivity index (χ4v) is 5.61. The fraction of sp³-hybridized carbons (Fsp3) is 0.0909. The van der Waals surface area contributed by atoms with Crippen molar-refractivity contribution in [2.24, 2.45) is 0 Å². The Morgan fingerprint density at radius 3 is 2.40 bits per heavy atom. The first-order chi connectivity index (χ1) is 19.1. The Kier molecular flexibility index (Phi) is 5.58. The molecular formula is C33H23N6Pt-. The van der Waals surface area contributed by atoms with E-state index in [1.165, 1.54) is 0 Å². The van der Waals surface area contributed by atoms with Gasteiger partial charge >= 0.3 is 0 Å². The summed E-state index contributed by atoms with van der Waals surface area (Å²) in [6, 6.07) is 36.3. The van der Waals surface area contributed by atoms with Crippen LogP contribution in [-0.4, -0.2) is 29.1 Å². The van der Waals surface area contributed by atoms with Crippen molar-refractivity contribution in [3.8, 4) is 5.82 Å². The van der Waals surface area contributed by atoms with E-state index in [0.717, 1.165) is 66.6 Å². The summed E-state index contributed by atoms with van der Waals surface area (Å²) in [6.07, 6.45) is 1.88. The molecule has 0 N–H and O–H groups in total. The first-order valence-corrected chi connectivity index (χ1v) is 13.0. The van der Waals surface area contributed by atoms with Crippen LogP contribution >= 0.6 is 0 Å². The summed E-state index contributed by atoms with van der Waals surface area (Å²) in [4.78, 5) is 15.3. The van der Waals surface area contributed by atoms with Crippen LogP contribution in [0.25, 0.3) is 55.2 Å². The van der Waals surface area contributed by atoms with Gasteiger partial charge in [0.25, 0.3) is 0 Å². The maximum atomic E-state index is 5.29. The Morgan fingerprint density at radius 2 is 1.50 bits per heavy atom. The molecule has 0 spiro atoms. The van der Waals surface area contributed by atoms with Crippen LogP contribution in [0.1, 0.15) is 25.2 Å². The first-order valence-electron chi connectivity index (χ1n) is 13.0. The Morgan fingerprint density at radius 1 is 0.700 bits per heavy atom. The monoisotopic (exact) mass is 698 g/mol. The average Bonchev–Trinajstić information content (AvgIpc) is 3.59. The van der Waals surface area contributed by atoms with E-state index in [2.05, 4.69) is 84.0 Å². The molecular weight excluding hydrogens is 675 g/mol. The second-order valence-corrected chi connectivity index (χ2v) is 10.4. The van der Waals surface area contributed by atoms with Crippen molar-refractivity contribution in [1.82, 2.24) is 29.1 Å². The normalized spacial score (nSPS) is 12.1. The average molecular weight is 699 g/mol. The largest absolute Gasteiger partial charge is 0.307 e. The number of aromatic nitrogens is 6. The summed E-state index contributed by atoms with van der Waals surface area (Å²) < 4.78 is 4.11. The van der Waals surface area contributed by atoms with E-state index in [-0.39, 0.29) is 21.1 Å². The SMILES string of the molecule is CC(C)(c1cccc(-n2ncc3ccccc32)n1)c1ccc2c(n1)c1[c-]cccc1c1nc3ccccc3n21.[Pt]. The van der Waals surface area contributed by atoms with Crippen molar-refractivity contribution in [1.29, 1.82) is 0 Å². The number of hydrogen-bond acceptors (Lipinski definition) is 4. The number of benzene rings is 3. The van der Waals surface area contributed by atoms with Gasteiger partial charge in [0, 0.05) is 48.6 Å². The number of hydrogen-bond donors (Lipinski definition) is 0. The maximum absolute atomic E-state index is 5.29. The first kappa shape index (κ1) is 24.6. The van der Waals surface area contributed by atoms with Crippen LogP contribution in [0.15, 0.2) is 103 Å². The predicted octanol–water partition coefficient (Wildman–Crippen LogP) is 7.05. The second-order valence-electron chi connectivity index (χ2n) is 10.4. The van der Waals surface area contributed by atoms with Crippen LogP contribution in [-0.2, 0) is 26.5 Å². The van der Waals surface area contributed by atoms with Gasteiger partial charge < -0.3 is 4.40 Å². The quantitative estimate of drug-likeness (QED) is 0.147. The molecule has 0 unspecified atom stereocenters. The van der Waals surface area contributed by atoms with Crippen LogP contribution < -0.4 is 0 Å². The number of imidazole rings is 1. The molecule has 8 rings (SSSR count).